The smallest absolute Gasteiger partial charge is 0.108 e. The summed E-state index contributed by atoms with van der Waals surface area (Å²) >= 11 is 0. The van der Waals surface area contributed by atoms with Crippen LogP contribution < -0.4 is 4.57 Å². The summed E-state index contributed by atoms with van der Waals surface area (Å²) < 4.78 is 2.48. The molecule has 2 rings (SSSR count). The van der Waals surface area contributed by atoms with E-state index in [1.54, 1.807) is 0 Å². The molecule has 1 unspecified atom stereocenters. The second kappa shape index (κ2) is 2.38. The van der Waals surface area contributed by atoms with Crippen molar-refractivity contribution in [3.63, 3.8) is 0 Å². The number of hydrogen-bond donors (Lipinski definition) is 0. The van der Waals surface area contributed by atoms with Crippen LogP contribution >= 0.6 is 0 Å². The van der Waals surface area contributed by atoms with Crippen LogP contribution in [-0.2, 0) is 6.42 Å². The lowest BCUT2D eigenvalue weighted by Crippen LogP contribution is -2.25. The predicted molar refractivity (Wildman–Crippen MR) is 52.0 cm³/mol. The SMILES string of the molecule is CC1Cc2ccccc2N1[SiH3]. The minimum atomic E-state index is 0.735. The summed E-state index contributed by atoms with van der Waals surface area (Å²) in [6.07, 6.45) is 1.24. The number of benzene rings is 1. The van der Waals surface area contributed by atoms with E-state index in [2.05, 4.69) is 35.8 Å². The van der Waals surface area contributed by atoms with Crippen molar-refractivity contribution in [1.29, 1.82) is 0 Å². The fourth-order valence-electron chi connectivity index (χ4n) is 1.72. The number of fused-ring (bicyclic) bond motifs is 1. The summed E-state index contributed by atoms with van der Waals surface area (Å²) in [6.45, 7) is 2.30. The molecule has 58 valence electrons. The molecule has 1 aromatic carbocycles. The Labute approximate surface area is 70.5 Å². The second-order valence-corrected chi connectivity index (χ2v) is 4.26. The molecule has 2 heteroatoms. The van der Waals surface area contributed by atoms with Gasteiger partial charge in [0.2, 0.25) is 0 Å². The van der Waals surface area contributed by atoms with Crippen molar-refractivity contribution < 1.29 is 0 Å². The quantitative estimate of drug-likeness (QED) is 0.509. The van der Waals surface area contributed by atoms with Gasteiger partial charge in [-0.3, -0.25) is 0 Å². The first-order valence-corrected chi connectivity index (χ1v) is 4.99. The monoisotopic (exact) mass is 163 g/mol. The molecule has 0 spiro atoms. The highest BCUT2D eigenvalue weighted by atomic mass is 28.2. The molecule has 1 aliphatic rings. The van der Waals surface area contributed by atoms with Gasteiger partial charge in [0.15, 0.2) is 0 Å². The topological polar surface area (TPSA) is 3.24 Å². The van der Waals surface area contributed by atoms with Gasteiger partial charge < -0.3 is 4.57 Å². The summed E-state index contributed by atoms with van der Waals surface area (Å²) in [5.41, 5.74) is 2.99. The molecule has 1 atom stereocenters. The lowest BCUT2D eigenvalue weighted by molar-refractivity contribution is 0.788. The van der Waals surface area contributed by atoms with Crippen molar-refractivity contribution in [1.82, 2.24) is 0 Å². The number of para-hydroxylation sites is 1. The zero-order valence-electron chi connectivity index (χ0n) is 7.04. The molecule has 1 aliphatic heterocycles. The third kappa shape index (κ3) is 0.978. The van der Waals surface area contributed by atoms with Crippen LogP contribution in [0.5, 0.6) is 0 Å². The van der Waals surface area contributed by atoms with Gasteiger partial charge in [0, 0.05) is 11.7 Å². The third-order valence-corrected chi connectivity index (χ3v) is 3.91. The van der Waals surface area contributed by atoms with E-state index in [0.717, 1.165) is 16.4 Å². The summed E-state index contributed by atoms with van der Waals surface area (Å²) in [5.74, 6) is 0. The van der Waals surface area contributed by atoms with Gasteiger partial charge in [-0.1, -0.05) is 18.2 Å². The molecule has 0 aliphatic carbocycles. The molecule has 1 nitrogen and oxygen atoms in total. The fourth-order valence-corrected chi connectivity index (χ4v) is 2.34. The molecule has 0 bridgehead atoms. The molecule has 0 N–H and O–H groups in total. The van der Waals surface area contributed by atoms with E-state index >= 15 is 0 Å². The minimum absolute atomic E-state index is 0.735. The zero-order chi connectivity index (χ0) is 7.84. The van der Waals surface area contributed by atoms with Crippen LogP contribution in [0, 0.1) is 0 Å². The Morgan fingerprint density at radius 3 is 2.91 bits per heavy atom. The van der Waals surface area contributed by atoms with Crippen LogP contribution in [0.15, 0.2) is 24.3 Å². The largest absolute Gasteiger partial charge is 0.403 e. The van der Waals surface area contributed by atoms with Crippen molar-refractivity contribution in [3.8, 4) is 0 Å². The highest BCUT2D eigenvalue weighted by Crippen LogP contribution is 2.29. The first kappa shape index (κ1) is 6.92. The lowest BCUT2D eigenvalue weighted by atomic mass is 10.1. The number of hydrogen-bond acceptors (Lipinski definition) is 1. The summed E-state index contributed by atoms with van der Waals surface area (Å²) in [5, 5.41) is 0. The third-order valence-electron chi connectivity index (χ3n) is 2.55. The van der Waals surface area contributed by atoms with Gasteiger partial charge in [0.05, 0.1) is 0 Å². The van der Waals surface area contributed by atoms with Crippen LogP contribution in [0.2, 0.25) is 0 Å². The van der Waals surface area contributed by atoms with E-state index in [-0.39, 0.29) is 0 Å². The maximum atomic E-state index is 2.48. The van der Waals surface area contributed by atoms with E-state index in [1.165, 1.54) is 17.7 Å². The van der Waals surface area contributed by atoms with Crippen molar-refractivity contribution in [3.05, 3.63) is 29.8 Å². The standard InChI is InChI=1S/C9H13NSi/c1-7-6-8-4-2-3-5-9(8)10(7)11/h2-5,7H,6H2,1,11H3. The molecule has 0 saturated carbocycles. The summed E-state index contributed by atoms with van der Waals surface area (Å²) in [6, 6.07) is 9.46. The average molecular weight is 163 g/mol. The average Bonchev–Trinajstić information content (AvgIpc) is 2.30. The maximum Gasteiger partial charge on any atom is 0.108 e. The molecule has 0 fully saturated rings. The number of rotatable bonds is 0. The fraction of sp³-hybridized carbons (Fsp3) is 0.333. The van der Waals surface area contributed by atoms with Crippen molar-refractivity contribution in [2.45, 2.75) is 19.4 Å². The molecular weight excluding hydrogens is 150 g/mol. The zero-order valence-corrected chi connectivity index (χ0v) is 9.04. The van der Waals surface area contributed by atoms with Gasteiger partial charge in [-0.15, -0.1) is 0 Å². The first-order chi connectivity index (χ1) is 5.29. The molecule has 1 aromatic rings. The second-order valence-electron chi connectivity index (χ2n) is 3.29. The van der Waals surface area contributed by atoms with Crippen LogP contribution in [-0.4, -0.2) is 16.4 Å². The Balaban J connectivity index is 2.47. The van der Waals surface area contributed by atoms with E-state index in [1.807, 2.05) is 0 Å². The maximum absolute atomic E-state index is 2.48. The van der Waals surface area contributed by atoms with Gasteiger partial charge >= 0.3 is 0 Å². The predicted octanol–water partition coefficient (Wildman–Crippen LogP) is 0.718. The van der Waals surface area contributed by atoms with Crippen LogP contribution in [0.4, 0.5) is 5.69 Å². The normalized spacial score (nSPS) is 22.3. The Morgan fingerprint density at radius 1 is 1.45 bits per heavy atom. The van der Waals surface area contributed by atoms with Crippen molar-refractivity contribution >= 4 is 16.1 Å². The Kier molecular flexibility index (Phi) is 1.49. The van der Waals surface area contributed by atoms with E-state index in [4.69, 9.17) is 0 Å². The lowest BCUT2D eigenvalue weighted by Gasteiger charge is -2.18. The van der Waals surface area contributed by atoms with Crippen molar-refractivity contribution in [2.24, 2.45) is 0 Å². The van der Waals surface area contributed by atoms with E-state index in [0.29, 0.717) is 0 Å². The molecule has 0 radical (unpaired) electrons. The van der Waals surface area contributed by atoms with Crippen LogP contribution in [0.25, 0.3) is 0 Å². The Hall–Kier alpha value is -0.763. The van der Waals surface area contributed by atoms with Gasteiger partial charge in [-0.25, -0.2) is 0 Å². The summed E-state index contributed by atoms with van der Waals surface area (Å²) in [7, 11) is 1.15. The van der Waals surface area contributed by atoms with E-state index < -0.39 is 0 Å². The molecule has 1 heterocycles. The Bertz CT molecular complexity index is 272. The minimum Gasteiger partial charge on any atom is -0.403 e. The van der Waals surface area contributed by atoms with Crippen LogP contribution in [0.1, 0.15) is 12.5 Å². The highest BCUT2D eigenvalue weighted by molar-refractivity contribution is 6.19. The van der Waals surface area contributed by atoms with Gasteiger partial charge in [0.1, 0.15) is 10.4 Å². The van der Waals surface area contributed by atoms with Gasteiger partial charge in [-0.05, 0) is 25.0 Å². The molecular formula is C9H13NSi. The van der Waals surface area contributed by atoms with Gasteiger partial charge in [-0.2, -0.15) is 0 Å². The number of nitrogens with zero attached hydrogens (tertiary/aromatic N) is 1. The number of anilines is 1. The van der Waals surface area contributed by atoms with Crippen LogP contribution in [0.3, 0.4) is 0 Å². The first-order valence-electron chi connectivity index (χ1n) is 4.10. The molecule has 0 amide bonds. The van der Waals surface area contributed by atoms with E-state index in [9.17, 15) is 0 Å². The highest BCUT2D eigenvalue weighted by Gasteiger charge is 2.20. The van der Waals surface area contributed by atoms with Crippen molar-refractivity contribution in [2.75, 3.05) is 4.57 Å². The Morgan fingerprint density at radius 2 is 2.18 bits per heavy atom. The molecule has 0 saturated heterocycles. The molecule has 0 aromatic heterocycles. The summed E-state index contributed by atoms with van der Waals surface area (Å²) in [4.78, 5) is 0. The van der Waals surface area contributed by atoms with Gasteiger partial charge in [0.25, 0.3) is 0 Å². The molecule has 11 heavy (non-hydrogen) atoms.